The van der Waals surface area contributed by atoms with Crippen molar-refractivity contribution in [3.8, 4) is 0 Å². The van der Waals surface area contributed by atoms with Crippen LogP contribution in [0.25, 0.3) is 0 Å². The summed E-state index contributed by atoms with van der Waals surface area (Å²) in [5, 5.41) is 6.90. The molecular weight excluding hydrogens is 260 g/mol. The van der Waals surface area contributed by atoms with Crippen molar-refractivity contribution >= 4 is 21.2 Å². The molecule has 1 aliphatic carbocycles. The maximum atomic E-state index is 11.9. The standard InChI is InChI=1S/C14H20N2O2S/c1-19(17,18)13-8-4-7-12-14(13)15-9-10-5-2-3-6-11(10)16-12/h4,7-8,10-11,15-16H,2-3,5-6,9H2,1H3. The number of sulfone groups is 1. The van der Waals surface area contributed by atoms with E-state index in [1.54, 1.807) is 6.07 Å². The average molecular weight is 280 g/mol. The highest BCUT2D eigenvalue weighted by Gasteiger charge is 2.29. The van der Waals surface area contributed by atoms with Crippen LogP contribution in [0.3, 0.4) is 0 Å². The van der Waals surface area contributed by atoms with Crippen LogP contribution >= 0.6 is 0 Å². The lowest BCUT2D eigenvalue weighted by Gasteiger charge is -2.30. The Hall–Kier alpha value is -1.23. The smallest absolute Gasteiger partial charge is 0.177 e. The molecule has 0 radical (unpaired) electrons. The summed E-state index contributed by atoms with van der Waals surface area (Å²) in [5.74, 6) is 0.591. The predicted molar refractivity (Wildman–Crippen MR) is 77.4 cm³/mol. The van der Waals surface area contributed by atoms with Gasteiger partial charge in [-0.05, 0) is 30.9 Å². The van der Waals surface area contributed by atoms with Gasteiger partial charge in [0, 0.05) is 18.8 Å². The number of anilines is 2. The Bertz CT molecular complexity index is 583. The Morgan fingerprint density at radius 1 is 1.21 bits per heavy atom. The second-order valence-corrected chi connectivity index (χ2v) is 7.61. The minimum atomic E-state index is -3.20. The van der Waals surface area contributed by atoms with E-state index in [9.17, 15) is 8.42 Å². The molecule has 1 heterocycles. The van der Waals surface area contributed by atoms with Crippen molar-refractivity contribution in [2.75, 3.05) is 23.4 Å². The number of para-hydroxylation sites is 1. The highest BCUT2D eigenvalue weighted by atomic mass is 32.2. The first-order valence-corrected chi connectivity index (χ1v) is 8.78. The maximum Gasteiger partial charge on any atom is 0.177 e. The molecule has 1 aliphatic heterocycles. The van der Waals surface area contributed by atoms with Crippen LogP contribution in [0.15, 0.2) is 23.1 Å². The summed E-state index contributed by atoms with van der Waals surface area (Å²) >= 11 is 0. The average Bonchev–Trinajstić information content (AvgIpc) is 2.55. The van der Waals surface area contributed by atoms with E-state index >= 15 is 0 Å². The number of benzene rings is 1. The molecule has 3 rings (SSSR count). The normalized spacial score (nSPS) is 26.4. The molecule has 104 valence electrons. The Kier molecular flexibility index (Phi) is 3.17. The van der Waals surface area contributed by atoms with Gasteiger partial charge in [0.25, 0.3) is 0 Å². The van der Waals surface area contributed by atoms with E-state index in [0.29, 0.717) is 16.9 Å². The predicted octanol–water partition coefficient (Wildman–Crippen LogP) is 2.49. The van der Waals surface area contributed by atoms with Gasteiger partial charge >= 0.3 is 0 Å². The molecule has 0 amide bonds. The van der Waals surface area contributed by atoms with Crippen LogP contribution in [0.2, 0.25) is 0 Å². The Labute approximate surface area is 114 Å². The molecule has 0 bridgehead atoms. The van der Waals surface area contributed by atoms with Crippen molar-refractivity contribution in [1.29, 1.82) is 0 Å². The third kappa shape index (κ3) is 2.43. The minimum absolute atomic E-state index is 0.399. The van der Waals surface area contributed by atoms with E-state index in [-0.39, 0.29) is 0 Å². The zero-order chi connectivity index (χ0) is 13.5. The third-order valence-corrected chi connectivity index (χ3v) is 5.36. The summed E-state index contributed by atoms with van der Waals surface area (Å²) in [6.07, 6.45) is 6.19. The first-order chi connectivity index (χ1) is 9.05. The number of rotatable bonds is 1. The van der Waals surface area contributed by atoms with Crippen molar-refractivity contribution in [1.82, 2.24) is 0 Å². The number of hydrogen-bond donors (Lipinski definition) is 2. The van der Waals surface area contributed by atoms with Crippen molar-refractivity contribution in [2.24, 2.45) is 5.92 Å². The SMILES string of the molecule is CS(=O)(=O)c1cccc2c1NCC1CCCCC1N2. The van der Waals surface area contributed by atoms with Crippen LogP contribution < -0.4 is 10.6 Å². The molecule has 2 aliphatic rings. The fourth-order valence-electron chi connectivity index (χ4n) is 3.22. The molecule has 2 N–H and O–H groups in total. The molecule has 1 aromatic carbocycles. The van der Waals surface area contributed by atoms with E-state index < -0.39 is 9.84 Å². The van der Waals surface area contributed by atoms with Crippen molar-refractivity contribution in [2.45, 2.75) is 36.6 Å². The second-order valence-electron chi connectivity index (χ2n) is 5.63. The van der Waals surface area contributed by atoms with E-state index in [2.05, 4.69) is 10.6 Å². The van der Waals surface area contributed by atoms with Gasteiger partial charge in [-0.3, -0.25) is 0 Å². The second kappa shape index (κ2) is 4.71. The largest absolute Gasteiger partial charge is 0.382 e. The molecule has 1 aromatic rings. The van der Waals surface area contributed by atoms with E-state index in [4.69, 9.17) is 0 Å². The first kappa shape index (κ1) is 12.8. The van der Waals surface area contributed by atoms with Gasteiger partial charge in [-0.1, -0.05) is 18.9 Å². The van der Waals surface area contributed by atoms with Crippen LogP contribution in [0.4, 0.5) is 11.4 Å². The molecule has 1 saturated carbocycles. The van der Waals surface area contributed by atoms with Gasteiger partial charge in [0.2, 0.25) is 0 Å². The van der Waals surface area contributed by atoms with Gasteiger partial charge in [-0.2, -0.15) is 0 Å². The topological polar surface area (TPSA) is 58.2 Å². The summed E-state index contributed by atoms with van der Waals surface area (Å²) in [6, 6.07) is 5.93. The number of fused-ring (bicyclic) bond motifs is 2. The molecule has 0 saturated heterocycles. The molecule has 19 heavy (non-hydrogen) atoms. The zero-order valence-corrected chi connectivity index (χ0v) is 12.0. The van der Waals surface area contributed by atoms with Gasteiger partial charge in [-0.15, -0.1) is 0 Å². The summed E-state index contributed by atoms with van der Waals surface area (Å²) in [4.78, 5) is 0.399. The summed E-state index contributed by atoms with van der Waals surface area (Å²) in [7, 11) is -3.20. The Balaban J connectivity index is 2.02. The van der Waals surface area contributed by atoms with Gasteiger partial charge < -0.3 is 10.6 Å². The van der Waals surface area contributed by atoms with Crippen molar-refractivity contribution < 1.29 is 8.42 Å². The number of nitrogens with one attached hydrogen (secondary N) is 2. The van der Waals surface area contributed by atoms with Crippen LogP contribution in [0.1, 0.15) is 25.7 Å². The third-order valence-electron chi connectivity index (χ3n) is 4.22. The molecule has 0 aromatic heterocycles. The van der Waals surface area contributed by atoms with Crippen LogP contribution in [-0.2, 0) is 9.84 Å². The van der Waals surface area contributed by atoms with E-state index in [1.165, 1.54) is 31.9 Å². The van der Waals surface area contributed by atoms with Gasteiger partial charge in [0.1, 0.15) is 0 Å². The van der Waals surface area contributed by atoms with E-state index in [1.807, 2.05) is 12.1 Å². The quantitative estimate of drug-likeness (QED) is 0.830. The lowest BCUT2D eigenvalue weighted by molar-refractivity contribution is 0.342. The van der Waals surface area contributed by atoms with Gasteiger partial charge in [0.05, 0.1) is 16.3 Å². The molecule has 5 heteroatoms. The fourth-order valence-corrected chi connectivity index (χ4v) is 4.10. The molecule has 1 fully saturated rings. The summed E-state index contributed by atoms with van der Waals surface area (Å²) in [6.45, 7) is 0.858. The van der Waals surface area contributed by atoms with Gasteiger partial charge in [-0.25, -0.2) is 8.42 Å². The summed E-state index contributed by atoms with van der Waals surface area (Å²) < 4.78 is 23.7. The monoisotopic (exact) mass is 280 g/mol. The van der Waals surface area contributed by atoms with Crippen molar-refractivity contribution in [3.05, 3.63) is 18.2 Å². The summed E-state index contributed by atoms with van der Waals surface area (Å²) in [5.41, 5.74) is 1.68. The first-order valence-electron chi connectivity index (χ1n) is 6.89. The van der Waals surface area contributed by atoms with Crippen LogP contribution in [0.5, 0.6) is 0 Å². The maximum absolute atomic E-state index is 11.9. The van der Waals surface area contributed by atoms with Crippen molar-refractivity contribution in [3.63, 3.8) is 0 Å². The lowest BCUT2D eigenvalue weighted by atomic mass is 9.84. The molecular formula is C14H20N2O2S. The molecule has 4 nitrogen and oxygen atoms in total. The molecule has 0 spiro atoms. The van der Waals surface area contributed by atoms with Crippen LogP contribution in [0, 0.1) is 5.92 Å². The lowest BCUT2D eigenvalue weighted by Crippen LogP contribution is -2.34. The molecule has 2 atom stereocenters. The highest BCUT2D eigenvalue weighted by Crippen LogP contribution is 2.37. The van der Waals surface area contributed by atoms with Gasteiger partial charge in [0.15, 0.2) is 9.84 Å². The van der Waals surface area contributed by atoms with E-state index in [0.717, 1.165) is 17.9 Å². The Morgan fingerprint density at radius 2 is 2.00 bits per heavy atom. The Morgan fingerprint density at radius 3 is 2.79 bits per heavy atom. The minimum Gasteiger partial charge on any atom is -0.382 e. The molecule has 2 unspecified atom stereocenters. The fraction of sp³-hybridized carbons (Fsp3) is 0.571. The van der Waals surface area contributed by atoms with Crippen LogP contribution in [-0.4, -0.2) is 27.3 Å². The number of hydrogen-bond acceptors (Lipinski definition) is 4. The highest BCUT2D eigenvalue weighted by molar-refractivity contribution is 7.90. The zero-order valence-electron chi connectivity index (χ0n) is 11.1.